The van der Waals surface area contributed by atoms with Crippen molar-refractivity contribution in [2.75, 3.05) is 0 Å². The predicted octanol–water partition coefficient (Wildman–Crippen LogP) is 5.25. The molecule has 0 bridgehead atoms. The number of para-hydroxylation sites is 2. The van der Waals surface area contributed by atoms with Crippen molar-refractivity contribution in [2.45, 2.75) is 16.9 Å². The zero-order valence-electron chi connectivity index (χ0n) is 18.3. The number of rotatable bonds is 8. The second kappa shape index (κ2) is 10.2. The number of fused-ring (bicyclic) bond motifs is 1. The van der Waals surface area contributed by atoms with E-state index in [-0.39, 0.29) is 12.2 Å². The van der Waals surface area contributed by atoms with Crippen LogP contribution < -0.4 is 10.6 Å². The van der Waals surface area contributed by atoms with Gasteiger partial charge in [-0.25, -0.2) is 4.98 Å². The van der Waals surface area contributed by atoms with Crippen molar-refractivity contribution in [1.82, 2.24) is 15.6 Å². The van der Waals surface area contributed by atoms with Crippen LogP contribution in [0.1, 0.15) is 21.9 Å². The summed E-state index contributed by atoms with van der Waals surface area (Å²) in [4.78, 5) is 30.0. The van der Waals surface area contributed by atoms with E-state index in [0.29, 0.717) is 33.0 Å². The maximum absolute atomic E-state index is 12.9. The predicted molar refractivity (Wildman–Crippen MR) is 129 cm³/mol. The van der Waals surface area contributed by atoms with Gasteiger partial charge in [-0.05, 0) is 48.5 Å². The number of nitrogens with one attached hydrogen (secondary N) is 2. The molecule has 0 unspecified atom stereocenters. The quantitative estimate of drug-likeness (QED) is 0.289. The Labute approximate surface area is 204 Å². The number of oxazole rings is 1. The van der Waals surface area contributed by atoms with Crippen molar-refractivity contribution in [3.8, 4) is 0 Å². The average molecular weight is 486 g/mol. The van der Waals surface area contributed by atoms with E-state index >= 15 is 0 Å². The summed E-state index contributed by atoms with van der Waals surface area (Å²) in [7, 11) is 0. The maximum atomic E-state index is 12.9. The summed E-state index contributed by atoms with van der Waals surface area (Å²) in [5, 5.41) is 6.36. The van der Waals surface area contributed by atoms with Gasteiger partial charge < -0.3 is 23.9 Å². The molecule has 0 spiro atoms. The lowest BCUT2D eigenvalue weighted by Crippen LogP contribution is -2.34. The van der Waals surface area contributed by atoms with Gasteiger partial charge in [-0.2, -0.15) is 0 Å². The first-order valence-electron chi connectivity index (χ1n) is 10.7. The normalized spacial score (nSPS) is 11.5. The van der Waals surface area contributed by atoms with E-state index in [4.69, 9.17) is 13.3 Å². The molecule has 3 aromatic heterocycles. The van der Waals surface area contributed by atoms with Gasteiger partial charge in [0, 0.05) is 23.4 Å². The average Bonchev–Trinajstić information content (AvgIpc) is 3.64. The van der Waals surface area contributed by atoms with Crippen LogP contribution in [0.25, 0.3) is 17.2 Å². The minimum absolute atomic E-state index is 0.0261. The number of carbonyl (C=O) groups is 2. The Morgan fingerprint density at radius 3 is 2.54 bits per heavy atom. The summed E-state index contributed by atoms with van der Waals surface area (Å²) in [5.41, 5.74) is 1.88. The smallest absolute Gasteiger partial charge is 0.268 e. The number of aromatic nitrogens is 1. The standard InChI is InChI=1S/C26H19N3O5S/c30-24(17-7-2-1-3-8-17)28-21(25(31)27-16-19-9-6-14-32-19)15-18-12-13-23(33-18)35-26-29-20-10-4-5-11-22(20)34-26/h1-15H,16H2,(H,27,31)(H,28,30)/b21-15+. The summed E-state index contributed by atoms with van der Waals surface area (Å²) in [6, 6.07) is 23.0. The van der Waals surface area contributed by atoms with Gasteiger partial charge in [-0.15, -0.1) is 0 Å². The van der Waals surface area contributed by atoms with Gasteiger partial charge in [-0.1, -0.05) is 30.3 Å². The highest BCUT2D eigenvalue weighted by Gasteiger charge is 2.17. The summed E-state index contributed by atoms with van der Waals surface area (Å²) in [6.45, 7) is 0.168. The van der Waals surface area contributed by atoms with Crippen molar-refractivity contribution in [1.29, 1.82) is 0 Å². The van der Waals surface area contributed by atoms with E-state index in [1.54, 1.807) is 48.5 Å². The largest absolute Gasteiger partial charge is 0.467 e. The van der Waals surface area contributed by atoms with Gasteiger partial charge in [0.1, 0.15) is 22.7 Å². The molecule has 3 heterocycles. The molecule has 0 aliphatic carbocycles. The van der Waals surface area contributed by atoms with E-state index < -0.39 is 11.8 Å². The molecule has 0 atom stereocenters. The monoisotopic (exact) mass is 485 g/mol. The molecule has 174 valence electrons. The molecule has 8 nitrogen and oxygen atoms in total. The minimum atomic E-state index is -0.491. The minimum Gasteiger partial charge on any atom is -0.467 e. The second-order valence-corrected chi connectivity index (χ2v) is 8.30. The molecule has 2 N–H and O–H groups in total. The van der Waals surface area contributed by atoms with Crippen LogP contribution in [0.3, 0.4) is 0 Å². The third kappa shape index (κ3) is 5.53. The fourth-order valence-corrected chi connectivity index (χ4v) is 3.93. The fraction of sp³-hybridized carbons (Fsp3) is 0.0385. The van der Waals surface area contributed by atoms with Crippen molar-refractivity contribution in [3.63, 3.8) is 0 Å². The molecule has 2 amide bonds. The zero-order chi connectivity index (χ0) is 24.0. The second-order valence-electron chi connectivity index (χ2n) is 7.35. The van der Waals surface area contributed by atoms with Gasteiger partial charge in [0.25, 0.3) is 17.0 Å². The topological polar surface area (TPSA) is 111 Å². The molecule has 0 fully saturated rings. The number of hydrogen-bond donors (Lipinski definition) is 2. The molecule has 0 radical (unpaired) electrons. The molecule has 5 aromatic rings. The lowest BCUT2D eigenvalue weighted by atomic mass is 10.2. The first-order valence-corrected chi connectivity index (χ1v) is 11.5. The Bertz CT molecular complexity index is 1450. The van der Waals surface area contributed by atoms with Crippen LogP contribution >= 0.6 is 11.8 Å². The van der Waals surface area contributed by atoms with Crippen LogP contribution in [0.4, 0.5) is 0 Å². The first-order chi connectivity index (χ1) is 17.1. The number of nitrogens with zero attached hydrogens (tertiary/aromatic N) is 1. The Balaban J connectivity index is 1.35. The lowest BCUT2D eigenvalue weighted by molar-refractivity contribution is -0.118. The van der Waals surface area contributed by atoms with Crippen LogP contribution in [0.5, 0.6) is 0 Å². The summed E-state index contributed by atoms with van der Waals surface area (Å²) in [5.74, 6) is 0.0510. The van der Waals surface area contributed by atoms with Crippen LogP contribution in [0.15, 0.2) is 114 Å². The van der Waals surface area contributed by atoms with E-state index in [1.165, 1.54) is 24.1 Å². The molecular weight excluding hydrogens is 466 g/mol. The molecule has 2 aromatic carbocycles. The number of amides is 2. The van der Waals surface area contributed by atoms with Crippen molar-refractivity contribution >= 4 is 40.8 Å². The summed E-state index contributed by atoms with van der Waals surface area (Å²) < 4.78 is 16.8. The lowest BCUT2D eigenvalue weighted by Gasteiger charge is -2.10. The number of benzene rings is 2. The van der Waals surface area contributed by atoms with Gasteiger partial charge in [-0.3, -0.25) is 9.59 Å². The number of hydrogen-bond acceptors (Lipinski definition) is 7. The molecule has 0 aliphatic rings. The van der Waals surface area contributed by atoms with Crippen LogP contribution in [-0.4, -0.2) is 16.8 Å². The highest BCUT2D eigenvalue weighted by molar-refractivity contribution is 7.99. The number of furan rings is 2. The fourth-order valence-electron chi connectivity index (χ4n) is 3.21. The SMILES string of the molecule is O=C(NCc1ccco1)/C(=C\c1ccc(Sc2nc3ccccc3o2)o1)NC(=O)c1ccccc1. The van der Waals surface area contributed by atoms with Crippen LogP contribution in [0, 0.1) is 0 Å². The Morgan fingerprint density at radius 2 is 1.74 bits per heavy atom. The Hall–Kier alpha value is -4.50. The van der Waals surface area contributed by atoms with Crippen molar-refractivity contribution < 1.29 is 22.8 Å². The highest BCUT2D eigenvalue weighted by Crippen LogP contribution is 2.31. The third-order valence-corrected chi connectivity index (χ3v) is 5.65. The Kier molecular flexibility index (Phi) is 6.49. The van der Waals surface area contributed by atoms with Crippen molar-refractivity contribution in [2.24, 2.45) is 0 Å². The number of carbonyl (C=O) groups excluding carboxylic acids is 2. The van der Waals surface area contributed by atoms with E-state index in [1.807, 2.05) is 30.3 Å². The van der Waals surface area contributed by atoms with Crippen LogP contribution in [-0.2, 0) is 11.3 Å². The van der Waals surface area contributed by atoms with Gasteiger partial charge in [0.2, 0.25) is 0 Å². The first kappa shape index (κ1) is 22.3. The van der Waals surface area contributed by atoms with Gasteiger partial charge >= 0.3 is 0 Å². The van der Waals surface area contributed by atoms with Gasteiger partial charge in [0.05, 0.1) is 12.8 Å². The van der Waals surface area contributed by atoms with Gasteiger partial charge in [0.15, 0.2) is 10.7 Å². The van der Waals surface area contributed by atoms with Crippen molar-refractivity contribution in [3.05, 3.63) is 108 Å². The molecular formula is C26H19N3O5S. The maximum Gasteiger partial charge on any atom is 0.268 e. The Morgan fingerprint density at radius 1 is 0.914 bits per heavy atom. The van der Waals surface area contributed by atoms with E-state index in [2.05, 4.69) is 15.6 Å². The third-order valence-electron chi connectivity index (χ3n) is 4.88. The highest BCUT2D eigenvalue weighted by atomic mass is 32.2. The van der Waals surface area contributed by atoms with E-state index in [9.17, 15) is 9.59 Å². The van der Waals surface area contributed by atoms with E-state index in [0.717, 1.165) is 5.52 Å². The van der Waals surface area contributed by atoms with Crippen LogP contribution in [0.2, 0.25) is 0 Å². The molecule has 0 saturated heterocycles. The summed E-state index contributed by atoms with van der Waals surface area (Å²) >= 11 is 1.21. The summed E-state index contributed by atoms with van der Waals surface area (Å²) in [6.07, 6.45) is 2.99. The molecule has 0 aliphatic heterocycles. The zero-order valence-corrected chi connectivity index (χ0v) is 19.1. The molecule has 9 heteroatoms. The molecule has 5 rings (SSSR count). The molecule has 35 heavy (non-hydrogen) atoms. The molecule has 0 saturated carbocycles.